The second-order valence-electron chi connectivity index (χ2n) is 4.36. The third kappa shape index (κ3) is 5.90. The van der Waals surface area contributed by atoms with Crippen LogP contribution in [0.5, 0.6) is 0 Å². The van der Waals surface area contributed by atoms with Gasteiger partial charge in [-0.3, -0.25) is 9.69 Å². The molecule has 0 aliphatic heterocycles. The van der Waals surface area contributed by atoms with Crippen LogP contribution in [0.25, 0.3) is 0 Å². The van der Waals surface area contributed by atoms with Crippen LogP contribution in [0, 0.1) is 0 Å². The van der Waals surface area contributed by atoms with Crippen molar-refractivity contribution in [2.75, 3.05) is 11.4 Å². The van der Waals surface area contributed by atoms with E-state index in [0.717, 1.165) is 10.5 Å². The van der Waals surface area contributed by atoms with Crippen molar-refractivity contribution >= 4 is 69.1 Å². The maximum atomic E-state index is 12.1. The number of hydrogen-bond acceptors (Lipinski definition) is 3. The van der Waals surface area contributed by atoms with Crippen LogP contribution in [0.4, 0.5) is 10.5 Å². The summed E-state index contributed by atoms with van der Waals surface area (Å²) >= 11 is 0. The molecule has 0 aliphatic rings. The number of ether oxygens (including phenoxy) is 1. The molecule has 110 valence electrons. The molecule has 0 atom stereocenters. The molecule has 1 amide bonds. The summed E-state index contributed by atoms with van der Waals surface area (Å²) in [5.41, 5.74) is 1.33. The zero-order valence-corrected chi connectivity index (χ0v) is 11.3. The van der Waals surface area contributed by atoms with Crippen molar-refractivity contribution in [3.05, 3.63) is 66.2 Å². The number of aliphatic carboxylic acids is 1. The number of amides is 1. The normalized spacial score (nSPS) is 9.45. The van der Waals surface area contributed by atoms with Gasteiger partial charge in [-0.05, 0) is 17.7 Å². The van der Waals surface area contributed by atoms with Crippen molar-refractivity contribution in [3.8, 4) is 0 Å². The van der Waals surface area contributed by atoms with E-state index >= 15 is 0 Å². The number of rotatable bonds is 5. The number of para-hydroxylation sites is 1. The summed E-state index contributed by atoms with van der Waals surface area (Å²) in [6, 6.07) is 17.8. The number of carboxylic acid groups (broad SMARTS) is 1. The number of carbonyl (C=O) groups excluding carboxylic acids is 1. The van der Waals surface area contributed by atoms with Crippen LogP contribution in [0.15, 0.2) is 60.7 Å². The van der Waals surface area contributed by atoms with E-state index in [1.54, 1.807) is 30.3 Å². The fourth-order valence-corrected chi connectivity index (χ4v) is 1.80. The Morgan fingerprint density at radius 1 is 0.955 bits per heavy atom. The third-order valence-corrected chi connectivity index (χ3v) is 2.79. The average molecular weight is 325 g/mol. The van der Waals surface area contributed by atoms with Gasteiger partial charge in [-0.1, -0.05) is 48.5 Å². The van der Waals surface area contributed by atoms with Crippen molar-refractivity contribution in [1.29, 1.82) is 0 Å². The Morgan fingerprint density at radius 2 is 1.50 bits per heavy atom. The van der Waals surface area contributed by atoms with Crippen LogP contribution in [-0.2, 0) is 16.1 Å². The molecule has 2 rings (SSSR count). The SMILES string of the molecule is O=C(O)CN(C(=O)OCc1ccccc1)c1ccccc1.[KH]. The van der Waals surface area contributed by atoms with Crippen LogP contribution < -0.4 is 4.90 Å². The van der Waals surface area contributed by atoms with Crippen molar-refractivity contribution in [3.63, 3.8) is 0 Å². The van der Waals surface area contributed by atoms with Gasteiger partial charge in [-0.2, -0.15) is 0 Å². The Kier molecular flexibility index (Phi) is 8.37. The Labute approximate surface area is 171 Å². The van der Waals surface area contributed by atoms with Gasteiger partial charge in [0.1, 0.15) is 13.2 Å². The predicted octanol–water partition coefficient (Wildman–Crippen LogP) is 2.27. The van der Waals surface area contributed by atoms with Gasteiger partial charge in [0, 0.05) is 5.69 Å². The maximum absolute atomic E-state index is 12.1. The topological polar surface area (TPSA) is 66.8 Å². The molecule has 6 heteroatoms. The van der Waals surface area contributed by atoms with Crippen LogP contribution in [0.3, 0.4) is 0 Å². The van der Waals surface area contributed by atoms with Gasteiger partial charge in [0.2, 0.25) is 0 Å². The molecule has 0 aliphatic carbocycles. The minimum atomic E-state index is -1.10. The number of carboxylic acids is 1. The minimum absolute atomic E-state index is 0. The zero-order valence-electron chi connectivity index (χ0n) is 11.3. The molecule has 0 saturated carbocycles. The monoisotopic (exact) mass is 325 g/mol. The fourth-order valence-electron chi connectivity index (χ4n) is 1.80. The van der Waals surface area contributed by atoms with E-state index in [-0.39, 0.29) is 58.0 Å². The van der Waals surface area contributed by atoms with Gasteiger partial charge in [-0.15, -0.1) is 0 Å². The summed E-state index contributed by atoms with van der Waals surface area (Å²) in [6.45, 7) is -0.347. The van der Waals surface area contributed by atoms with Crippen molar-refractivity contribution in [2.45, 2.75) is 6.61 Å². The molecule has 0 spiro atoms. The number of anilines is 1. The molecule has 0 bridgehead atoms. The Bertz CT molecular complexity index is 604. The van der Waals surface area contributed by atoms with E-state index in [4.69, 9.17) is 9.84 Å². The van der Waals surface area contributed by atoms with Gasteiger partial charge in [0.25, 0.3) is 0 Å². The van der Waals surface area contributed by atoms with Crippen LogP contribution in [0.1, 0.15) is 5.56 Å². The van der Waals surface area contributed by atoms with Crippen molar-refractivity contribution in [2.24, 2.45) is 0 Å². The number of benzene rings is 2. The summed E-state index contributed by atoms with van der Waals surface area (Å²) in [7, 11) is 0. The average Bonchev–Trinajstić information content (AvgIpc) is 2.52. The van der Waals surface area contributed by atoms with Crippen LogP contribution >= 0.6 is 0 Å². The summed E-state index contributed by atoms with van der Waals surface area (Å²) in [4.78, 5) is 24.1. The summed E-state index contributed by atoms with van der Waals surface area (Å²) in [5.74, 6) is -1.10. The first kappa shape index (κ1) is 18.9. The first-order valence-corrected chi connectivity index (χ1v) is 6.42. The molecule has 0 radical (unpaired) electrons. The number of hydrogen-bond donors (Lipinski definition) is 1. The second kappa shape index (κ2) is 9.76. The zero-order chi connectivity index (χ0) is 15.1. The van der Waals surface area contributed by atoms with E-state index < -0.39 is 18.6 Å². The second-order valence-corrected chi connectivity index (χ2v) is 4.36. The Balaban J connectivity index is 0.00000242. The van der Waals surface area contributed by atoms with Gasteiger partial charge in [-0.25, -0.2) is 4.79 Å². The number of carbonyl (C=O) groups is 2. The summed E-state index contributed by atoms with van der Waals surface area (Å²) < 4.78 is 5.17. The van der Waals surface area contributed by atoms with E-state index in [2.05, 4.69) is 0 Å². The number of nitrogens with zero attached hydrogens (tertiary/aromatic N) is 1. The quantitative estimate of drug-likeness (QED) is 0.856. The Morgan fingerprint density at radius 3 is 2.05 bits per heavy atom. The Hall–Kier alpha value is -1.18. The first-order chi connectivity index (χ1) is 10.2. The van der Waals surface area contributed by atoms with Gasteiger partial charge in [0.05, 0.1) is 0 Å². The van der Waals surface area contributed by atoms with Crippen molar-refractivity contribution < 1.29 is 19.4 Å². The van der Waals surface area contributed by atoms with Gasteiger partial charge < -0.3 is 9.84 Å². The molecular weight excluding hydrogens is 309 g/mol. The summed E-state index contributed by atoms with van der Waals surface area (Å²) in [6.07, 6.45) is -0.688. The standard InChI is InChI=1S/C16H15NO4.K.H/c18-15(19)11-17(14-9-5-2-6-10-14)16(20)21-12-13-7-3-1-4-8-13;;/h1-10H,11-12H2,(H,18,19);;. The molecule has 2 aromatic rings. The van der Waals surface area contributed by atoms with Crippen molar-refractivity contribution in [1.82, 2.24) is 0 Å². The van der Waals surface area contributed by atoms with E-state index in [0.29, 0.717) is 5.69 Å². The van der Waals surface area contributed by atoms with E-state index in [9.17, 15) is 9.59 Å². The van der Waals surface area contributed by atoms with Crippen LogP contribution in [0.2, 0.25) is 0 Å². The molecule has 22 heavy (non-hydrogen) atoms. The fraction of sp³-hybridized carbons (Fsp3) is 0.125. The van der Waals surface area contributed by atoms with Gasteiger partial charge >= 0.3 is 63.4 Å². The molecule has 0 aromatic heterocycles. The summed E-state index contributed by atoms with van der Waals surface area (Å²) in [5, 5.41) is 8.93. The first-order valence-electron chi connectivity index (χ1n) is 6.42. The molecule has 0 fully saturated rings. The molecule has 5 nitrogen and oxygen atoms in total. The molecule has 1 N–H and O–H groups in total. The molecule has 2 aromatic carbocycles. The predicted molar refractivity (Wildman–Crippen MR) is 85.2 cm³/mol. The van der Waals surface area contributed by atoms with E-state index in [1.165, 1.54) is 0 Å². The molecular formula is C16H16KNO4. The third-order valence-electron chi connectivity index (χ3n) is 2.79. The molecule has 0 unspecified atom stereocenters. The molecule has 0 heterocycles. The van der Waals surface area contributed by atoms with E-state index in [1.807, 2.05) is 30.3 Å². The van der Waals surface area contributed by atoms with Crippen LogP contribution in [-0.4, -0.2) is 75.1 Å². The molecule has 0 saturated heterocycles. The van der Waals surface area contributed by atoms with Gasteiger partial charge in [0.15, 0.2) is 0 Å².